The Morgan fingerprint density at radius 2 is 1.60 bits per heavy atom. The topological polar surface area (TPSA) is 20.3 Å². The molecule has 0 radical (unpaired) electrons. The van der Waals surface area contributed by atoms with E-state index in [1.54, 1.807) is 0 Å². The van der Waals surface area contributed by atoms with Crippen LogP contribution in [-0.2, 0) is 11.0 Å². The first kappa shape index (κ1) is 13.2. The predicted molar refractivity (Wildman–Crippen MR) is 67.1 cm³/mol. The van der Waals surface area contributed by atoms with E-state index in [4.69, 9.17) is 0 Å². The Hall–Kier alpha value is 0.110. The average molecular weight is 231 g/mol. The Kier molecular flexibility index (Phi) is 3.99. The zero-order valence-corrected chi connectivity index (χ0v) is 11.6. The summed E-state index contributed by atoms with van der Waals surface area (Å²) in [5.41, 5.74) is 0.149. The van der Waals surface area contributed by atoms with Crippen LogP contribution in [0.2, 0.25) is 0 Å². The number of hydrogen-bond donors (Lipinski definition) is 0. The second-order valence-corrected chi connectivity index (χ2v) is 8.19. The van der Waals surface area contributed by atoms with E-state index < -0.39 is 11.0 Å². The van der Waals surface area contributed by atoms with Crippen molar-refractivity contribution in [3.05, 3.63) is 0 Å². The smallest absolute Gasteiger partial charge is 0.0999 e. The lowest BCUT2D eigenvalue weighted by Gasteiger charge is -2.43. The normalized spacial score (nSPS) is 24.1. The summed E-state index contributed by atoms with van der Waals surface area (Å²) in [6.07, 6.45) is 6.27. The fourth-order valence-electron chi connectivity index (χ4n) is 2.24. The average Bonchev–Trinajstić information content (AvgIpc) is 2.15. The summed E-state index contributed by atoms with van der Waals surface area (Å²) >= 11 is 0. The Morgan fingerprint density at radius 1 is 1.13 bits per heavy atom. The Bertz CT molecular complexity index is 238. The standard InChI is InChI=1S/C12H25NOS/c1-11(2,3)15(14)13(5)12(4)9-7-6-8-10-12/h6-10H2,1-5H3. The van der Waals surface area contributed by atoms with Gasteiger partial charge in [0.05, 0.1) is 15.7 Å². The molecule has 1 aliphatic rings. The Balaban J connectivity index is 2.74. The summed E-state index contributed by atoms with van der Waals surface area (Å²) in [5, 5.41) is 0. The van der Waals surface area contributed by atoms with E-state index in [2.05, 4.69) is 11.2 Å². The highest BCUT2D eigenvalue weighted by Crippen LogP contribution is 2.35. The van der Waals surface area contributed by atoms with Crippen molar-refractivity contribution < 1.29 is 4.21 Å². The first-order valence-electron chi connectivity index (χ1n) is 5.93. The third-order valence-electron chi connectivity index (χ3n) is 3.46. The highest BCUT2D eigenvalue weighted by Gasteiger charge is 2.37. The van der Waals surface area contributed by atoms with Crippen LogP contribution in [0.15, 0.2) is 0 Å². The second-order valence-electron chi connectivity index (χ2n) is 5.92. The fraction of sp³-hybridized carbons (Fsp3) is 1.00. The van der Waals surface area contributed by atoms with Crippen LogP contribution < -0.4 is 0 Å². The van der Waals surface area contributed by atoms with Gasteiger partial charge in [0.25, 0.3) is 0 Å². The molecule has 1 atom stereocenters. The summed E-state index contributed by atoms with van der Waals surface area (Å²) in [6, 6.07) is 0. The zero-order chi connectivity index (χ0) is 11.7. The van der Waals surface area contributed by atoms with Crippen LogP contribution in [-0.4, -0.2) is 25.8 Å². The van der Waals surface area contributed by atoms with E-state index >= 15 is 0 Å². The molecule has 15 heavy (non-hydrogen) atoms. The summed E-state index contributed by atoms with van der Waals surface area (Å²) in [5.74, 6) is 0. The molecule has 1 rings (SSSR count). The van der Waals surface area contributed by atoms with E-state index in [1.165, 1.54) is 32.1 Å². The molecule has 0 saturated heterocycles. The van der Waals surface area contributed by atoms with Crippen molar-refractivity contribution in [3.8, 4) is 0 Å². The second kappa shape index (κ2) is 4.54. The minimum Gasteiger partial charge on any atom is -0.242 e. The van der Waals surface area contributed by atoms with Crippen molar-refractivity contribution >= 4 is 11.0 Å². The maximum Gasteiger partial charge on any atom is 0.0999 e. The summed E-state index contributed by atoms with van der Waals surface area (Å²) < 4.78 is 14.3. The molecule has 0 aromatic carbocycles. The van der Waals surface area contributed by atoms with Gasteiger partial charge in [0.2, 0.25) is 0 Å². The van der Waals surface area contributed by atoms with E-state index in [9.17, 15) is 4.21 Å². The van der Waals surface area contributed by atoms with Gasteiger partial charge in [-0.2, -0.15) is 0 Å². The van der Waals surface area contributed by atoms with Gasteiger partial charge in [0, 0.05) is 12.6 Å². The number of nitrogens with zero attached hydrogens (tertiary/aromatic N) is 1. The quantitative estimate of drug-likeness (QED) is 0.715. The number of hydrogen-bond acceptors (Lipinski definition) is 1. The molecule has 0 amide bonds. The third-order valence-corrected chi connectivity index (χ3v) is 5.45. The lowest BCUT2D eigenvalue weighted by atomic mass is 9.83. The van der Waals surface area contributed by atoms with Crippen LogP contribution in [0.5, 0.6) is 0 Å². The maximum atomic E-state index is 12.3. The maximum absolute atomic E-state index is 12.3. The molecular weight excluding hydrogens is 206 g/mol. The van der Waals surface area contributed by atoms with Gasteiger partial charge in [-0.25, -0.2) is 8.51 Å². The van der Waals surface area contributed by atoms with Gasteiger partial charge in [-0.1, -0.05) is 19.3 Å². The number of rotatable bonds is 2. The molecule has 1 fully saturated rings. The molecule has 1 unspecified atom stereocenters. The van der Waals surface area contributed by atoms with Crippen LogP contribution in [0, 0.1) is 0 Å². The molecule has 0 aromatic heterocycles. The molecular formula is C12H25NOS. The minimum atomic E-state index is -0.886. The van der Waals surface area contributed by atoms with Crippen molar-refractivity contribution in [1.29, 1.82) is 0 Å². The van der Waals surface area contributed by atoms with Crippen LogP contribution in [0.1, 0.15) is 59.8 Å². The van der Waals surface area contributed by atoms with Gasteiger partial charge >= 0.3 is 0 Å². The van der Waals surface area contributed by atoms with Gasteiger partial charge in [-0.3, -0.25) is 0 Å². The van der Waals surface area contributed by atoms with Crippen LogP contribution >= 0.6 is 0 Å². The van der Waals surface area contributed by atoms with Crippen LogP contribution in [0.3, 0.4) is 0 Å². The van der Waals surface area contributed by atoms with Gasteiger partial charge in [0.15, 0.2) is 0 Å². The first-order valence-corrected chi connectivity index (χ1v) is 7.04. The largest absolute Gasteiger partial charge is 0.242 e. The molecule has 90 valence electrons. The molecule has 0 aromatic rings. The fourth-order valence-corrected chi connectivity index (χ4v) is 3.64. The van der Waals surface area contributed by atoms with Gasteiger partial charge in [-0.15, -0.1) is 0 Å². The van der Waals surface area contributed by atoms with Crippen molar-refractivity contribution in [3.63, 3.8) is 0 Å². The molecule has 1 aliphatic carbocycles. The van der Waals surface area contributed by atoms with Crippen LogP contribution in [0.25, 0.3) is 0 Å². The molecule has 2 nitrogen and oxygen atoms in total. The third kappa shape index (κ3) is 3.04. The monoisotopic (exact) mass is 231 g/mol. The van der Waals surface area contributed by atoms with Crippen molar-refractivity contribution in [2.45, 2.75) is 70.1 Å². The lowest BCUT2D eigenvalue weighted by molar-refractivity contribution is 0.177. The molecule has 0 N–H and O–H groups in total. The molecule has 0 bridgehead atoms. The molecule has 0 spiro atoms. The van der Waals surface area contributed by atoms with E-state index in [-0.39, 0.29) is 10.3 Å². The zero-order valence-electron chi connectivity index (χ0n) is 10.8. The first-order chi connectivity index (χ1) is 6.77. The Morgan fingerprint density at radius 3 is 2.00 bits per heavy atom. The molecule has 3 heteroatoms. The summed E-state index contributed by atoms with van der Waals surface area (Å²) in [7, 11) is 1.13. The van der Waals surface area contributed by atoms with Gasteiger partial charge in [0.1, 0.15) is 0 Å². The summed E-state index contributed by atoms with van der Waals surface area (Å²) in [4.78, 5) is 0. The molecule has 1 saturated carbocycles. The van der Waals surface area contributed by atoms with Gasteiger partial charge < -0.3 is 0 Å². The minimum absolute atomic E-state index is 0.144. The SMILES string of the molecule is CN(S(=O)C(C)(C)C)C1(C)CCCCC1. The lowest BCUT2D eigenvalue weighted by Crippen LogP contribution is -2.50. The van der Waals surface area contributed by atoms with Crippen molar-refractivity contribution in [2.24, 2.45) is 0 Å². The van der Waals surface area contributed by atoms with Crippen LogP contribution in [0.4, 0.5) is 0 Å². The van der Waals surface area contributed by atoms with E-state index in [0.29, 0.717) is 0 Å². The van der Waals surface area contributed by atoms with Crippen molar-refractivity contribution in [2.75, 3.05) is 7.05 Å². The Labute approximate surface area is 97.0 Å². The van der Waals surface area contributed by atoms with Gasteiger partial charge in [-0.05, 0) is 40.5 Å². The predicted octanol–water partition coefficient (Wildman–Crippen LogP) is 3.10. The van der Waals surface area contributed by atoms with E-state index in [1.807, 2.05) is 27.8 Å². The highest BCUT2D eigenvalue weighted by molar-refractivity contribution is 7.84. The highest BCUT2D eigenvalue weighted by atomic mass is 32.2. The molecule has 0 heterocycles. The summed E-state index contributed by atoms with van der Waals surface area (Å²) in [6.45, 7) is 8.40. The van der Waals surface area contributed by atoms with Crippen molar-refractivity contribution in [1.82, 2.24) is 4.31 Å². The van der Waals surface area contributed by atoms with E-state index in [0.717, 1.165) is 0 Å². The molecule has 0 aliphatic heterocycles.